The molecule has 9 heteroatoms. The van der Waals surface area contributed by atoms with Gasteiger partial charge in [0.1, 0.15) is 5.82 Å². The van der Waals surface area contributed by atoms with Crippen molar-refractivity contribution in [3.05, 3.63) is 74.4 Å². The number of nitrogens with one attached hydrogen (secondary N) is 1. The van der Waals surface area contributed by atoms with Gasteiger partial charge in [0, 0.05) is 10.6 Å². The van der Waals surface area contributed by atoms with Gasteiger partial charge in [-0.2, -0.15) is 5.10 Å². The highest BCUT2D eigenvalue weighted by Gasteiger charge is 2.33. The molecule has 1 aromatic heterocycles. The highest BCUT2D eigenvalue weighted by molar-refractivity contribution is 7.90. The summed E-state index contributed by atoms with van der Waals surface area (Å²) in [4.78, 5) is 12.9. The Morgan fingerprint density at radius 2 is 1.86 bits per heavy atom. The molecule has 150 valence electrons. The van der Waals surface area contributed by atoms with Crippen LogP contribution in [0.15, 0.2) is 36.4 Å². The van der Waals surface area contributed by atoms with Crippen molar-refractivity contribution in [3.8, 4) is 5.69 Å². The molecule has 2 aromatic carbocycles. The van der Waals surface area contributed by atoms with Crippen LogP contribution in [0.2, 0.25) is 10.0 Å². The first kappa shape index (κ1) is 19.9. The van der Waals surface area contributed by atoms with E-state index < -0.39 is 15.7 Å². The first-order chi connectivity index (χ1) is 13.6. The first-order valence-corrected chi connectivity index (χ1v) is 11.4. The van der Waals surface area contributed by atoms with Crippen LogP contribution in [0.25, 0.3) is 5.69 Å². The molecule has 0 spiro atoms. The van der Waals surface area contributed by atoms with E-state index in [4.69, 9.17) is 23.2 Å². The molecule has 0 unspecified atom stereocenters. The topological polar surface area (TPSA) is 81.1 Å². The number of fused-ring (bicyclic) bond motifs is 1. The smallest absolute Gasteiger partial charge is 0.258 e. The highest BCUT2D eigenvalue weighted by atomic mass is 35.5. The van der Waals surface area contributed by atoms with Gasteiger partial charge in [-0.15, -0.1) is 0 Å². The lowest BCUT2D eigenvalue weighted by atomic mass is 10.1. The maximum absolute atomic E-state index is 12.9. The summed E-state index contributed by atoms with van der Waals surface area (Å²) in [6.45, 7) is 3.92. The van der Waals surface area contributed by atoms with Gasteiger partial charge < -0.3 is 5.32 Å². The van der Waals surface area contributed by atoms with E-state index >= 15 is 0 Å². The van der Waals surface area contributed by atoms with Crippen LogP contribution in [0, 0.1) is 13.8 Å². The molecule has 1 N–H and O–H groups in total. The lowest BCUT2D eigenvalue weighted by Crippen LogP contribution is -2.17. The van der Waals surface area contributed by atoms with Crippen molar-refractivity contribution >= 4 is 44.8 Å². The number of sulfone groups is 1. The Kier molecular flexibility index (Phi) is 4.93. The molecule has 3 aromatic rings. The summed E-state index contributed by atoms with van der Waals surface area (Å²) in [6.07, 6.45) is 0. The molecule has 2 heterocycles. The van der Waals surface area contributed by atoms with Crippen LogP contribution in [-0.4, -0.2) is 24.1 Å². The van der Waals surface area contributed by atoms with E-state index in [-0.39, 0.29) is 22.1 Å². The van der Waals surface area contributed by atoms with Crippen molar-refractivity contribution in [3.63, 3.8) is 0 Å². The van der Waals surface area contributed by atoms with Crippen LogP contribution in [0.5, 0.6) is 0 Å². The third-order valence-electron chi connectivity index (χ3n) is 4.78. The molecule has 0 fully saturated rings. The van der Waals surface area contributed by atoms with Crippen LogP contribution in [-0.2, 0) is 21.3 Å². The number of amides is 1. The van der Waals surface area contributed by atoms with E-state index in [1.54, 1.807) is 10.7 Å². The van der Waals surface area contributed by atoms with Gasteiger partial charge >= 0.3 is 0 Å². The fourth-order valence-electron chi connectivity index (χ4n) is 3.44. The lowest BCUT2D eigenvalue weighted by Gasteiger charge is -2.14. The Morgan fingerprint density at radius 3 is 2.55 bits per heavy atom. The molecule has 0 bridgehead atoms. The summed E-state index contributed by atoms with van der Waals surface area (Å²) in [5.74, 6) is -0.448. The summed E-state index contributed by atoms with van der Waals surface area (Å²) in [5.41, 5.74) is 3.99. The van der Waals surface area contributed by atoms with Gasteiger partial charge in [-0.25, -0.2) is 13.1 Å². The molecular formula is C20H17Cl2N3O3S. The minimum absolute atomic E-state index is 0.148. The van der Waals surface area contributed by atoms with Crippen molar-refractivity contribution < 1.29 is 13.2 Å². The van der Waals surface area contributed by atoms with E-state index in [2.05, 4.69) is 10.4 Å². The molecule has 0 atom stereocenters. The molecule has 0 saturated carbocycles. The zero-order valence-electron chi connectivity index (χ0n) is 15.7. The Labute approximate surface area is 178 Å². The zero-order chi connectivity index (χ0) is 20.9. The summed E-state index contributed by atoms with van der Waals surface area (Å²) < 4.78 is 25.8. The molecule has 1 aliphatic rings. The quantitative estimate of drug-likeness (QED) is 0.638. The van der Waals surface area contributed by atoms with Crippen molar-refractivity contribution in [1.29, 1.82) is 0 Å². The third kappa shape index (κ3) is 3.77. The number of halogens is 2. The summed E-state index contributed by atoms with van der Waals surface area (Å²) >= 11 is 12.1. The second kappa shape index (κ2) is 7.16. The number of carbonyl (C=O) groups is 1. The van der Waals surface area contributed by atoms with E-state index in [1.165, 1.54) is 12.1 Å². The fraction of sp³-hybridized carbons (Fsp3) is 0.200. The van der Waals surface area contributed by atoms with Gasteiger partial charge in [0.2, 0.25) is 0 Å². The molecule has 1 aliphatic heterocycles. The number of aryl methyl sites for hydroxylation is 2. The third-order valence-corrected chi connectivity index (χ3v) is 6.77. The molecule has 6 nitrogen and oxygen atoms in total. The number of aromatic nitrogens is 2. The molecule has 0 radical (unpaired) electrons. The summed E-state index contributed by atoms with van der Waals surface area (Å²) in [5, 5.41) is 7.94. The van der Waals surface area contributed by atoms with E-state index in [1.807, 2.05) is 32.0 Å². The van der Waals surface area contributed by atoms with Crippen molar-refractivity contribution in [2.75, 3.05) is 5.32 Å². The van der Waals surface area contributed by atoms with Crippen LogP contribution in [0.4, 0.5) is 5.82 Å². The van der Waals surface area contributed by atoms with Gasteiger partial charge in [-0.1, -0.05) is 40.9 Å². The van der Waals surface area contributed by atoms with E-state index in [0.717, 1.165) is 16.8 Å². The molecule has 4 rings (SSSR count). The zero-order valence-corrected chi connectivity index (χ0v) is 18.0. The minimum Gasteiger partial charge on any atom is -0.306 e. The number of anilines is 1. The predicted octanol–water partition coefficient (Wildman–Crippen LogP) is 4.48. The van der Waals surface area contributed by atoms with Gasteiger partial charge in [-0.05, 0) is 43.7 Å². The summed E-state index contributed by atoms with van der Waals surface area (Å²) in [7, 11) is -3.29. The second-order valence-corrected chi connectivity index (χ2v) is 9.99. The first-order valence-electron chi connectivity index (χ1n) is 8.80. The minimum atomic E-state index is -3.29. The summed E-state index contributed by atoms with van der Waals surface area (Å²) in [6, 6.07) is 10.4. The number of hydrogen-bond acceptors (Lipinski definition) is 4. The Morgan fingerprint density at radius 1 is 1.10 bits per heavy atom. The molecule has 1 amide bonds. The predicted molar refractivity (Wildman–Crippen MR) is 114 cm³/mol. The monoisotopic (exact) mass is 449 g/mol. The highest BCUT2D eigenvalue weighted by Crippen LogP contribution is 2.34. The van der Waals surface area contributed by atoms with Crippen molar-refractivity contribution in [2.24, 2.45) is 0 Å². The average molecular weight is 450 g/mol. The molecule has 29 heavy (non-hydrogen) atoms. The van der Waals surface area contributed by atoms with Gasteiger partial charge in [0.05, 0.1) is 33.5 Å². The maximum atomic E-state index is 12.9. The Bertz CT molecular complexity index is 1270. The Balaban J connectivity index is 1.82. The van der Waals surface area contributed by atoms with E-state index in [0.29, 0.717) is 22.1 Å². The average Bonchev–Trinajstić information content (AvgIpc) is 3.07. The van der Waals surface area contributed by atoms with Crippen LogP contribution < -0.4 is 5.32 Å². The normalized spacial score (nSPS) is 14.6. The number of rotatable bonds is 3. The largest absolute Gasteiger partial charge is 0.306 e. The van der Waals surface area contributed by atoms with Gasteiger partial charge in [0.15, 0.2) is 9.84 Å². The van der Waals surface area contributed by atoms with Crippen molar-refractivity contribution in [1.82, 2.24) is 9.78 Å². The number of hydrogen-bond donors (Lipinski definition) is 1. The van der Waals surface area contributed by atoms with Crippen LogP contribution in [0.1, 0.15) is 32.7 Å². The van der Waals surface area contributed by atoms with Gasteiger partial charge in [-0.3, -0.25) is 4.79 Å². The van der Waals surface area contributed by atoms with Crippen LogP contribution in [0.3, 0.4) is 0 Å². The molecular weight excluding hydrogens is 433 g/mol. The number of carbonyl (C=O) groups excluding carboxylic acids is 1. The fourth-order valence-corrected chi connectivity index (χ4v) is 5.42. The molecule has 0 saturated heterocycles. The number of benzene rings is 2. The Hall–Kier alpha value is -2.35. The van der Waals surface area contributed by atoms with Crippen LogP contribution >= 0.6 is 23.2 Å². The lowest BCUT2D eigenvalue weighted by molar-refractivity contribution is 0.102. The van der Waals surface area contributed by atoms with E-state index in [9.17, 15) is 13.2 Å². The van der Waals surface area contributed by atoms with Crippen molar-refractivity contribution in [2.45, 2.75) is 25.4 Å². The maximum Gasteiger partial charge on any atom is 0.258 e. The number of nitrogens with zero attached hydrogens (tertiary/aromatic N) is 2. The second-order valence-electron chi connectivity index (χ2n) is 7.09. The van der Waals surface area contributed by atoms with Gasteiger partial charge in [0.25, 0.3) is 5.91 Å². The SMILES string of the molecule is Cc1ccc(-n2nc3c(c2NC(=O)c2ccc(Cl)cc2Cl)CS(=O)(=O)C3)c(C)c1. The molecule has 0 aliphatic carbocycles. The standard InChI is InChI=1S/C20H17Cl2N3O3S/c1-11-3-6-18(12(2)7-11)25-19(15-9-29(27,28)10-17(15)24-25)23-20(26)14-5-4-13(21)8-16(14)22/h3-8H,9-10H2,1-2H3,(H,23,26).